The van der Waals surface area contributed by atoms with Crippen molar-refractivity contribution in [1.29, 1.82) is 0 Å². The predicted molar refractivity (Wildman–Crippen MR) is 162 cm³/mol. The average Bonchev–Trinajstić information content (AvgIpc) is 2.95. The number of likely N-dealkylation sites (tertiary alicyclic amines) is 1. The Morgan fingerprint density at radius 3 is 2.52 bits per heavy atom. The lowest BCUT2D eigenvalue weighted by molar-refractivity contribution is -0.120. The van der Waals surface area contributed by atoms with Crippen LogP contribution in [0.25, 0.3) is 10.8 Å². The van der Waals surface area contributed by atoms with Crippen molar-refractivity contribution >= 4 is 34.5 Å². The Bertz CT molecular complexity index is 1260. The van der Waals surface area contributed by atoms with Crippen LogP contribution in [-0.4, -0.2) is 79.0 Å². The van der Waals surface area contributed by atoms with Gasteiger partial charge < -0.3 is 19.7 Å². The highest BCUT2D eigenvalue weighted by molar-refractivity contribution is 6.09. The summed E-state index contributed by atoms with van der Waals surface area (Å²) in [5.41, 5.74) is 1.59. The molecule has 228 valence electrons. The summed E-state index contributed by atoms with van der Waals surface area (Å²) in [5, 5.41) is 7.17. The quantitative estimate of drug-likeness (QED) is 0.425. The minimum Gasteiger partial charge on any atom is -0.444 e. The molecule has 10 nitrogen and oxygen atoms in total. The van der Waals surface area contributed by atoms with Gasteiger partial charge in [-0.25, -0.2) is 9.59 Å². The van der Waals surface area contributed by atoms with Crippen LogP contribution in [0.1, 0.15) is 77.2 Å². The van der Waals surface area contributed by atoms with Gasteiger partial charge in [-0.15, -0.1) is 0 Å². The molecule has 3 heterocycles. The molecule has 42 heavy (non-hydrogen) atoms. The second-order valence-electron chi connectivity index (χ2n) is 12.9. The van der Waals surface area contributed by atoms with Crippen molar-refractivity contribution in [2.45, 2.75) is 83.3 Å². The van der Waals surface area contributed by atoms with Gasteiger partial charge in [0.05, 0.1) is 24.6 Å². The fourth-order valence-corrected chi connectivity index (χ4v) is 6.43. The zero-order valence-electron chi connectivity index (χ0n) is 25.2. The van der Waals surface area contributed by atoms with Crippen molar-refractivity contribution in [2.24, 2.45) is 5.92 Å². The van der Waals surface area contributed by atoms with E-state index in [1.54, 1.807) is 11.1 Å². The first-order chi connectivity index (χ1) is 20.1. The van der Waals surface area contributed by atoms with Gasteiger partial charge in [0, 0.05) is 43.0 Å². The lowest BCUT2D eigenvalue weighted by Gasteiger charge is -2.37. The Hall–Kier alpha value is -3.24. The predicted octanol–water partition coefficient (Wildman–Crippen LogP) is 4.96. The molecule has 1 aliphatic carbocycles. The van der Waals surface area contributed by atoms with E-state index in [0.717, 1.165) is 61.8 Å². The van der Waals surface area contributed by atoms with E-state index in [1.807, 2.05) is 27.0 Å². The summed E-state index contributed by atoms with van der Waals surface area (Å²) in [6, 6.07) is 6.14. The second kappa shape index (κ2) is 13.4. The Kier molecular flexibility index (Phi) is 9.63. The zero-order chi connectivity index (χ0) is 29.7. The number of piperidine rings is 1. The first-order valence-corrected chi connectivity index (χ1v) is 15.4. The van der Waals surface area contributed by atoms with E-state index in [9.17, 15) is 14.4 Å². The van der Waals surface area contributed by atoms with Gasteiger partial charge in [0.2, 0.25) is 5.91 Å². The molecule has 3 fully saturated rings. The Morgan fingerprint density at radius 1 is 1.05 bits per heavy atom. The lowest BCUT2D eigenvalue weighted by atomic mass is 9.85. The molecule has 2 aromatic rings. The van der Waals surface area contributed by atoms with Crippen LogP contribution in [0.2, 0.25) is 0 Å². The van der Waals surface area contributed by atoms with Gasteiger partial charge in [0.25, 0.3) is 0 Å². The number of aromatic nitrogens is 1. The smallest absolute Gasteiger partial charge is 0.407 e. The number of carbonyl (C=O) groups excluding carboxylic acids is 3. The minimum atomic E-state index is -0.489. The first-order valence-electron chi connectivity index (χ1n) is 15.4. The molecule has 1 saturated carbocycles. The van der Waals surface area contributed by atoms with E-state index < -0.39 is 11.7 Å². The highest BCUT2D eigenvalue weighted by atomic mass is 16.6. The van der Waals surface area contributed by atoms with Crippen molar-refractivity contribution in [3.63, 3.8) is 0 Å². The van der Waals surface area contributed by atoms with E-state index >= 15 is 0 Å². The van der Waals surface area contributed by atoms with E-state index in [0.29, 0.717) is 38.0 Å². The summed E-state index contributed by atoms with van der Waals surface area (Å²) in [6.07, 6.45) is 10.6. The Balaban J connectivity index is 1.04. The summed E-state index contributed by atoms with van der Waals surface area (Å²) in [6.45, 7) is 10.3. The lowest BCUT2D eigenvalue weighted by Crippen LogP contribution is -2.49. The molecular formula is C32H45N5O5. The molecule has 0 spiro atoms. The maximum absolute atomic E-state index is 12.4. The molecule has 0 unspecified atom stereocenters. The number of carbonyl (C=O) groups is 3. The van der Waals surface area contributed by atoms with Crippen LogP contribution in [0, 0.1) is 5.92 Å². The van der Waals surface area contributed by atoms with E-state index in [1.165, 1.54) is 18.4 Å². The number of fused-ring (bicyclic) bond motifs is 1. The SMILES string of the molecule is CC(C)(C)OC(=O)NCCO[C@H]1CC[C@H](CN2CCC(c3ccc4c(N5CCC(=O)NC5=O)cncc4c3)CC2)CC1. The van der Waals surface area contributed by atoms with Gasteiger partial charge in [0.1, 0.15) is 5.60 Å². The largest absolute Gasteiger partial charge is 0.444 e. The molecule has 1 aromatic heterocycles. The molecule has 2 N–H and O–H groups in total. The van der Waals surface area contributed by atoms with Crippen LogP contribution in [0.3, 0.4) is 0 Å². The number of urea groups is 1. The maximum Gasteiger partial charge on any atom is 0.407 e. The summed E-state index contributed by atoms with van der Waals surface area (Å²) in [5.74, 6) is 0.999. The van der Waals surface area contributed by atoms with Crippen LogP contribution in [-0.2, 0) is 14.3 Å². The van der Waals surface area contributed by atoms with Gasteiger partial charge >= 0.3 is 12.1 Å². The molecule has 0 atom stereocenters. The van der Waals surface area contributed by atoms with Gasteiger partial charge in [-0.3, -0.25) is 20.0 Å². The van der Waals surface area contributed by atoms with Crippen molar-refractivity contribution in [1.82, 2.24) is 20.5 Å². The molecule has 2 saturated heterocycles. The van der Waals surface area contributed by atoms with Crippen molar-refractivity contribution < 1.29 is 23.9 Å². The molecule has 2 aliphatic heterocycles. The average molecular weight is 580 g/mol. The first kappa shape index (κ1) is 30.2. The Morgan fingerprint density at radius 2 is 1.81 bits per heavy atom. The Labute approximate surface area is 248 Å². The number of pyridine rings is 1. The third-order valence-corrected chi connectivity index (χ3v) is 8.60. The number of ether oxygens (including phenoxy) is 2. The number of imide groups is 1. The number of anilines is 1. The van der Waals surface area contributed by atoms with Gasteiger partial charge in [-0.05, 0) is 95.9 Å². The molecule has 0 radical (unpaired) electrons. The zero-order valence-corrected chi connectivity index (χ0v) is 25.2. The fourth-order valence-electron chi connectivity index (χ4n) is 6.43. The summed E-state index contributed by atoms with van der Waals surface area (Å²) in [4.78, 5) is 44.4. The van der Waals surface area contributed by atoms with E-state index in [2.05, 4.69) is 38.7 Å². The topological polar surface area (TPSA) is 113 Å². The molecule has 3 aliphatic rings. The van der Waals surface area contributed by atoms with E-state index in [-0.39, 0.29) is 18.0 Å². The third kappa shape index (κ3) is 7.98. The van der Waals surface area contributed by atoms with Crippen molar-refractivity contribution in [2.75, 3.05) is 44.2 Å². The van der Waals surface area contributed by atoms with E-state index in [4.69, 9.17) is 9.47 Å². The van der Waals surface area contributed by atoms with Crippen LogP contribution < -0.4 is 15.5 Å². The fraction of sp³-hybridized carbons (Fsp3) is 0.625. The number of rotatable bonds is 8. The van der Waals surface area contributed by atoms with Crippen LogP contribution in [0.4, 0.5) is 15.3 Å². The highest BCUT2D eigenvalue weighted by Gasteiger charge is 2.28. The maximum atomic E-state index is 12.4. The molecule has 10 heteroatoms. The van der Waals surface area contributed by atoms with Crippen LogP contribution >= 0.6 is 0 Å². The number of amides is 4. The standard InChI is InChI=1S/C32H45N5O5/c1-32(2,3)42-31(40)34-13-17-41-26-7-4-22(5-8-26)21-36-14-10-23(11-15-36)24-6-9-27-25(18-24)19-33-20-28(27)37-16-12-29(38)35-30(37)39/h6,9,18-20,22-23,26H,4-5,7-8,10-17,21H2,1-3H3,(H,34,40)(H,35,38,39)/t22-,26-. The highest BCUT2D eigenvalue weighted by Crippen LogP contribution is 2.34. The number of alkyl carbamates (subject to hydrolysis) is 1. The van der Waals surface area contributed by atoms with Crippen molar-refractivity contribution in [3.8, 4) is 0 Å². The summed E-state index contributed by atoms with van der Waals surface area (Å²) < 4.78 is 11.3. The summed E-state index contributed by atoms with van der Waals surface area (Å²) in [7, 11) is 0. The van der Waals surface area contributed by atoms with Crippen molar-refractivity contribution in [3.05, 3.63) is 36.2 Å². The van der Waals surface area contributed by atoms with Crippen LogP contribution in [0.5, 0.6) is 0 Å². The third-order valence-electron chi connectivity index (χ3n) is 8.60. The monoisotopic (exact) mass is 579 g/mol. The van der Waals surface area contributed by atoms with Gasteiger partial charge in [-0.1, -0.05) is 12.1 Å². The minimum absolute atomic E-state index is 0.235. The number of nitrogens with zero attached hydrogens (tertiary/aromatic N) is 3. The number of benzene rings is 1. The molecular weight excluding hydrogens is 534 g/mol. The number of hydrogen-bond acceptors (Lipinski definition) is 7. The van der Waals surface area contributed by atoms with Gasteiger partial charge in [-0.2, -0.15) is 0 Å². The second-order valence-corrected chi connectivity index (χ2v) is 12.9. The molecule has 4 amide bonds. The van der Waals surface area contributed by atoms with Gasteiger partial charge in [0.15, 0.2) is 0 Å². The molecule has 0 bridgehead atoms. The molecule has 5 rings (SSSR count). The number of hydrogen-bond donors (Lipinski definition) is 2. The van der Waals surface area contributed by atoms with Crippen LogP contribution in [0.15, 0.2) is 30.6 Å². The normalized spacial score (nSPS) is 22.7. The molecule has 1 aromatic carbocycles. The number of nitrogens with one attached hydrogen (secondary N) is 2. The summed E-state index contributed by atoms with van der Waals surface area (Å²) >= 11 is 0.